The summed E-state index contributed by atoms with van der Waals surface area (Å²) in [6.07, 6.45) is 7.69. The van der Waals surface area contributed by atoms with E-state index in [1.165, 1.54) is 56.3 Å². The van der Waals surface area contributed by atoms with Gasteiger partial charge in [0.2, 0.25) is 0 Å². The Bertz CT molecular complexity index is 678. The van der Waals surface area contributed by atoms with Gasteiger partial charge in [-0.15, -0.1) is 0 Å². The summed E-state index contributed by atoms with van der Waals surface area (Å²) in [6.45, 7) is 4.61. The molecule has 2 aromatic rings. The number of piperidine rings is 1. The fourth-order valence-electron chi connectivity index (χ4n) is 4.61. The molecule has 25 heavy (non-hydrogen) atoms. The number of hydrogen-bond acceptors (Lipinski definition) is 2. The molecular weight excluding hydrogens is 304 g/mol. The molecule has 2 heteroatoms. The highest BCUT2D eigenvalue weighted by Crippen LogP contribution is 2.31. The van der Waals surface area contributed by atoms with Crippen molar-refractivity contribution in [1.29, 1.82) is 0 Å². The number of benzene rings is 2. The van der Waals surface area contributed by atoms with Crippen molar-refractivity contribution in [3.05, 3.63) is 65.2 Å². The summed E-state index contributed by atoms with van der Waals surface area (Å²) in [7, 11) is 0. The molecule has 0 saturated carbocycles. The van der Waals surface area contributed by atoms with E-state index < -0.39 is 0 Å². The van der Waals surface area contributed by atoms with Crippen molar-refractivity contribution in [2.24, 2.45) is 0 Å². The van der Waals surface area contributed by atoms with E-state index in [-0.39, 0.29) is 0 Å². The van der Waals surface area contributed by atoms with Gasteiger partial charge in [-0.2, -0.15) is 0 Å². The van der Waals surface area contributed by atoms with E-state index in [2.05, 4.69) is 65.7 Å². The lowest BCUT2D eigenvalue weighted by Crippen LogP contribution is -2.42. The highest BCUT2D eigenvalue weighted by molar-refractivity contribution is 5.55. The number of rotatable bonds is 5. The molecule has 1 aliphatic carbocycles. The fraction of sp³-hybridized carbons (Fsp3) is 0.478. The van der Waals surface area contributed by atoms with Crippen LogP contribution in [0.4, 0.5) is 5.69 Å². The number of anilines is 1. The molecule has 1 aliphatic heterocycles. The third kappa shape index (κ3) is 3.74. The maximum atomic E-state index is 3.72. The van der Waals surface area contributed by atoms with E-state index in [1.54, 1.807) is 11.1 Å². The lowest BCUT2D eigenvalue weighted by Gasteiger charge is -2.34. The lowest BCUT2D eigenvalue weighted by atomic mass is 10.0. The van der Waals surface area contributed by atoms with Gasteiger partial charge in [0.05, 0.1) is 0 Å². The minimum Gasteiger partial charge on any atom is -0.368 e. The van der Waals surface area contributed by atoms with Crippen LogP contribution in [0.3, 0.4) is 0 Å². The second kappa shape index (κ2) is 7.61. The first kappa shape index (κ1) is 16.7. The van der Waals surface area contributed by atoms with Crippen LogP contribution in [0.2, 0.25) is 0 Å². The van der Waals surface area contributed by atoms with Crippen molar-refractivity contribution in [3.63, 3.8) is 0 Å². The molecule has 132 valence electrons. The fourth-order valence-corrected chi connectivity index (χ4v) is 4.61. The van der Waals surface area contributed by atoms with E-state index in [9.17, 15) is 0 Å². The van der Waals surface area contributed by atoms with Crippen LogP contribution in [0.1, 0.15) is 42.4 Å². The quantitative estimate of drug-likeness (QED) is 0.866. The molecule has 0 spiro atoms. The highest BCUT2D eigenvalue weighted by Gasteiger charge is 2.28. The molecule has 1 heterocycles. The molecule has 2 nitrogen and oxygen atoms in total. The summed E-state index contributed by atoms with van der Waals surface area (Å²) in [6, 6.07) is 19.2. The van der Waals surface area contributed by atoms with Gasteiger partial charge in [-0.1, -0.05) is 48.9 Å². The van der Waals surface area contributed by atoms with Gasteiger partial charge >= 0.3 is 0 Å². The average Bonchev–Trinajstić information content (AvgIpc) is 3.08. The predicted molar refractivity (Wildman–Crippen MR) is 106 cm³/mol. The van der Waals surface area contributed by atoms with Crippen molar-refractivity contribution in [3.8, 4) is 0 Å². The summed E-state index contributed by atoms with van der Waals surface area (Å²) in [4.78, 5) is 2.70. The molecule has 1 N–H and O–H groups in total. The van der Waals surface area contributed by atoms with E-state index >= 15 is 0 Å². The van der Waals surface area contributed by atoms with Gasteiger partial charge in [-0.25, -0.2) is 0 Å². The number of fused-ring (bicyclic) bond motifs is 1. The Labute approximate surface area is 152 Å². The Morgan fingerprint density at radius 2 is 1.68 bits per heavy atom. The maximum Gasteiger partial charge on any atom is 0.0398 e. The van der Waals surface area contributed by atoms with Gasteiger partial charge in [0.15, 0.2) is 0 Å². The van der Waals surface area contributed by atoms with Gasteiger partial charge < -0.3 is 10.2 Å². The zero-order valence-corrected chi connectivity index (χ0v) is 15.4. The van der Waals surface area contributed by atoms with Crippen LogP contribution >= 0.6 is 0 Å². The number of aryl methyl sites for hydroxylation is 1. The number of nitrogens with zero attached hydrogens (tertiary/aromatic N) is 1. The topological polar surface area (TPSA) is 15.3 Å². The van der Waals surface area contributed by atoms with Crippen molar-refractivity contribution in [2.75, 3.05) is 18.0 Å². The zero-order chi connectivity index (χ0) is 17.1. The van der Waals surface area contributed by atoms with Crippen LogP contribution in [0.25, 0.3) is 0 Å². The Morgan fingerprint density at radius 3 is 2.36 bits per heavy atom. The smallest absolute Gasteiger partial charge is 0.0398 e. The third-order valence-corrected chi connectivity index (χ3v) is 6.03. The van der Waals surface area contributed by atoms with Gasteiger partial charge in [-0.3, -0.25) is 0 Å². The van der Waals surface area contributed by atoms with Crippen molar-refractivity contribution in [1.82, 2.24) is 5.32 Å². The van der Waals surface area contributed by atoms with E-state index in [0.29, 0.717) is 12.1 Å². The minimum absolute atomic E-state index is 0.599. The van der Waals surface area contributed by atoms with Crippen LogP contribution in [-0.4, -0.2) is 25.2 Å². The second-order valence-corrected chi connectivity index (χ2v) is 7.75. The Kier molecular flexibility index (Phi) is 5.07. The van der Waals surface area contributed by atoms with E-state index in [1.807, 2.05) is 0 Å². The van der Waals surface area contributed by atoms with Crippen LogP contribution in [0.5, 0.6) is 0 Å². The number of nitrogens with one attached hydrogen (secondary N) is 1. The Balaban J connectivity index is 1.53. The molecule has 1 saturated heterocycles. The molecule has 1 unspecified atom stereocenters. The first-order chi connectivity index (χ1) is 12.3. The van der Waals surface area contributed by atoms with Crippen molar-refractivity contribution >= 4 is 5.69 Å². The SMILES string of the molecule is Cc1ccccc1N(CCC1CCCCN1)C1Cc2ccccc2C1. The van der Waals surface area contributed by atoms with E-state index in [4.69, 9.17) is 0 Å². The molecule has 1 atom stereocenters. The molecular formula is C23H30N2. The minimum atomic E-state index is 0.599. The van der Waals surface area contributed by atoms with Crippen molar-refractivity contribution in [2.45, 2.75) is 57.5 Å². The monoisotopic (exact) mass is 334 g/mol. The molecule has 2 aromatic carbocycles. The Morgan fingerprint density at radius 1 is 0.960 bits per heavy atom. The van der Waals surface area contributed by atoms with Crippen LogP contribution in [0, 0.1) is 6.92 Å². The molecule has 1 fully saturated rings. The Hall–Kier alpha value is -1.80. The second-order valence-electron chi connectivity index (χ2n) is 7.75. The number of hydrogen-bond donors (Lipinski definition) is 1. The molecule has 0 radical (unpaired) electrons. The van der Waals surface area contributed by atoms with Crippen LogP contribution < -0.4 is 10.2 Å². The first-order valence-corrected chi connectivity index (χ1v) is 9.94. The molecule has 0 aromatic heterocycles. The van der Waals surface area contributed by atoms with Crippen LogP contribution in [-0.2, 0) is 12.8 Å². The standard InChI is InChI=1S/C23H30N2/c1-18-8-2-5-12-23(18)25(15-13-21-11-6-7-14-24-21)22-16-19-9-3-4-10-20(19)17-22/h2-5,8-10,12,21-22,24H,6-7,11,13-17H2,1H3. The van der Waals surface area contributed by atoms with Gasteiger partial charge in [0.25, 0.3) is 0 Å². The largest absolute Gasteiger partial charge is 0.368 e. The summed E-state index contributed by atoms with van der Waals surface area (Å²) < 4.78 is 0. The summed E-state index contributed by atoms with van der Waals surface area (Å²) in [5.74, 6) is 0. The van der Waals surface area contributed by atoms with Gasteiger partial charge in [-0.05, 0) is 68.3 Å². The molecule has 4 rings (SSSR count). The normalized spacial score (nSPS) is 20.4. The average molecular weight is 335 g/mol. The third-order valence-electron chi connectivity index (χ3n) is 6.03. The molecule has 2 aliphatic rings. The summed E-state index contributed by atoms with van der Waals surface area (Å²) >= 11 is 0. The maximum absolute atomic E-state index is 3.72. The first-order valence-electron chi connectivity index (χ1n) is 9.94. The summed E-state index contributed by atoms with van der Waals surface area (Å²) in [5.41, 5.74) is 5.91. The van der Waals surface area contributed by atoms with Crippen molar-refractivity contribution < 1.29 is 0 Å². The highest BCUT2D eigenvalue weighted by atomic mass is 15.2. The molecule has 0 amide bonds. The van der Waals surface area contributed by atoms with Crippen LogP contribution in [0.15, 0.2) is 48.5 Å². The molecule has 0 bridgehead atoms. The zero-order valence-electron chi connectivity index (χ0n) is 15.4. The van der Waals surface area contributed by atoms with E-state index in [0.717, 1.165) is 6.54 Å². The lowest BCUT2D eigenvalue weighted by molar-refractivity contribution is 0.379. The van der Waals surface area contributed by atoms with Gasteiger partial charge in [0.1, 0.15) is 0 Å². The number of para-hydroxylation sites is 1. The predicted octanol–water partition coefficient (Wildman–Crippen LogP) is 4.50. The summed E-state index contributed by atoms with van der Waals surface area (Å²) in [5, 5.41) is 3.72. The van der Waals surface area contributed by atoms with Gasteiger partial charge in [0, 0.05) is 24.3 Å².